The molecule has 0 N–H and O–H groups in total. The van der Waals surface area contributed by atoms with E-state index in [9.17, 15) is 13.2 Å². The van der Waals surface area contributed by atoms with Gasteiger partial charge in [0.05, 0.1) is 0 Å². The van der Waals surface area contributed by atoms with E-state index in [2.05, 4.69) is 0 Å². The Labute approximate surface area is 200 Å². The van der Waals surface area contributed by atoms with Crippen LogP contribution in [0.2, 0.25) is 0 Å². The third-order valence-electron chi connectivity index (χ3n) is 4.47. The summed E-state index contributed by atoms with van der Waals surface area (Å²) >= 11 is -3.23. The van der Waals surface area contributed by atoms with Gasteiger partial charge in [-0.15, -0.1) is 0 Å². The zero-order valence-electron chi connectivity index (χ0n) is 18.4. The van der Waals surface area contributed by atoms with Crippen molar-refractivity contribution in [2.24, 2.45) is 0 Å². The molecule has 0 aliphatic heterocycles. The predicted molar refractivity (Wildman–Crippen MR) is 130 cm³/mol. The monoisotopic (exact) mass is 586 g/mol. The minimum atomic E-state index is -4.12. The summed E-state index contributed by atoms with van der Waals surface area (Å²) in [6.07, 6.45) is 0. The second-order valence-corrected chi connectivity index (χ2v) is 12.8. The average Bonchev–Trinajstić information content (AvgIpc) is 2.86. The van der Waals surface area contributed by atoms with Crippen LogP contribution < -0.4 is 14.2 Å². The molecule has 0 saturated carbocycles. The molecule has 0 aromatic heterocycles. The molecule has 3 rings (SSSR count). The molecule has 0 aliphatic carbocycles. The Hall–Kier alpha value is -2.83. The van der Waals surface area contributed by atoms with Crippen molar-refractivity contribution in [2.75, 3.05) is 28.4 Å². The summed E-state index contributed by atoms with van der Waals surface area (Å²) < 4.78 is 54.5. The molecule has 0 atom stereocenters. The van der Waals surface area contributed by atoms with E-state index < -0.39 is 36.3 Å². The Kier molecular flexibility index (Phi) is 8.16. The third-order valence-corrected chi connectivity index (χ3v) is 12.0. The van der Waals surface area contributed by atoms with E-state index in [1.54, 1.807) is 54.6 Å². The van der Waals surface area contributed by atoms with Gasteiger partial charge in [0.15, 0.2) is 0 Å². The Morgan fingerprint density at radius 2 is 1.36 bits per heavy atom. The van der Waals surface area contributed by atoms with Crippen molar-refractivity contribution in [3.05, 3.63) is 79.4 Å². The van der Waals surface area contributed by atoms with Gasteiger partial charge in [0, 0.05) is 0 Å². The molecule has 0 heterocycles. The number of esters is 1. The maximum atomic E-state index is 13.2. The number of hydrogen-bond acceptors (Lipinski definition) is 8. The van der Waals surface area contributed by atoms with Gasteiger partial charge >= 0.3 is 201 Å². The van der Waals surface area contributed by atoms with Gasteiger partial charge in [0.1, 0.15) is 0 Å². The summed E-state index contributed by atoms with van der Waals surface area (Å²) in [5, 5.41) is 0. The molecular formula is C23H23IO8S. The molecule has 0 amide bonds. The zero-order valence-corrected chi connectivity index (χ0v) is 21.4. The van der Waals surface area contributed by atoms with Crippen molar-refractivity contribution in [1.29, 1.82) is 0 Å². The van der Waals surface area contributed by atoms with Crippen molar-refractivity contribution in [3.8, 4) is 17.2 Å². The van der Waals surface area contributed by atoms with Crippen LogP contribution in [0.1, 0.15) is 10.4 Å². The van der Waals surface area contributed by atoms with Crippen LogP contribution in [-0.4, -0.2) is 42.8 Å². The van der Waals surface area contributed by atoms with Crippen LogP contribution in [0.4, 0.5) is 0 Å². The minimum absolute atomic E-state index is 0.0323. The molecule has 0 unspecified atom stereocenters. The fourth-order valence-electron chi connectivity index (χ4n) is 2.83. The molecule has 3 aromatic carbocycles. The van der Waals surface area contributed by atoms with Gasteiger partial charge < -0.3 is 0 Å². The van der Waals surface area contributed by atoms with E-state index in [1.807, 2.05) is 0 Å². The summed E-state index contributed by atoms with van der Waals surface area (Å²) in [5.41, 5.74) is 0.330. The van der Waals surface area contributed by atoms with E-state index in [1.165, 1.54) is 40.6 Å². The zero-order chi connectivity index (χ0) is 24.0. The van der Waals surface area contributed by atoms with E-state index in [4.69, 9.17) is 21.5 Å². The fraction of sp³-hybridized carbons (Fsp3) is 0.174. The molecule has 3 aromatic rings. The number of benzene rings is 3. The van der Waals surface area contributed by atoms with E-state index >= 15 is 0 Å². The normalized spacial score (nSPS) is 11.5. The molecule has 33 heavy (non-hydrogen) atoms. The van der Waals surface area contributed by atoms with Crippen LogP contribution >= 0.6 is 20.2 Å². The summed E-state index contributed by atoms with van der Waals surface area (Å²) in [7, 11) is 1.62. The average molecular weight is 586 g/mol. The van der Waals surface area contributed by atoms with Gasteiger partial charge in [-0.1, -0.05) is 0 Å². The Balaban J connectivity index is 2.19. The Bertz CT molecular complexity index is 1190. The van der Waals surface area contributed by atoms with Crippen LogP contribution in [0.25, 0.3) is 0 Å². The molecule has 0 fully saturated rings. The molecule has 0 bridgehead atoms. The summed E-state index contributed by atoms with van der Waals surface area (Å²) in [5.74, 6) is 0.725. The Morgan fingerprint density at radius 1 is 0.788 bits per heavy atom. The van der Waals surface area contributed by atoms with Crippen molar-refractivity contribution in [1.82, 2.24) is 0 Å². The van der Waals surface area contributed by atoms with Crippen LogP contribution in [0, 0.1) is 7.14 Å². The van der Waals surface area contributed by atoms with Gasteiger partial charge in [0.25, 0.3) is 0 Å². The van der Waals surface area contributed by atoms with Gasteiger partial charge in [-0.3, -0.25) is 0 Å². The standard InChI is InChI=1S/C23H23IO8S/c1-28-18-14-20(29-2)22(21(15-18)30-3)24(17-12-10-16(11-13-17)23(25)31-4)32-33(26,27)19-8-6-5-7-9-19/h5-15H,1-4H3. The molecular weight excluding hydrogens is 563 g/mol. The molecule has 8 nitrogen and oxygen atoms in total. The first-order valence-electron chi connectivity index (χ1n) is 9.53. The number of carbonyl (C=O) groups is 1. The van der Waals surface area contributed by atoms with Gasteiger partial charge in [-0.2, -0.15) is 0 Å². The van der Waals surface area contributed by atoms with Gasteiger partial charge in [0.2, 0.25) is 0 Å². The molecule has 0 saturated heterocycles. The number of carbonyl (C=O) groups excluding carboxylic acids is 1. The van der Waals surface area contributed by atoms with E-state index in [0.29, 0.717) is 30.0 Å². The van der Waals surface area contributed by atoms with Crippen LogP contribution in [0.5, 0.6) is 17.2 Å². The summed E-state index contributed by atoms with van der Waals surface area (Å²) in [6.45, 7) is 0. The van der Waals surface area contributed by atoms with Crippen molar-refractivity contribution in [2.45, 2.75) is 4.90 Å². The number of rotatable bonds is 9. The van der Waals surface area contributed by atoms with Crippen LogP contribution in [0.15, 0.2) is 71.6 Å². The molecule has 0 aliphatic rings. The number of methoxy groups -OCH3 is 4. The van der Waals surface area contributed by atoms with Gasteiger partial charge in [-0.25, -0.2) is 0 Å². The molecule has 0 radical (unpaired) electrons. The van der Waals surface area contributed by atoms with E-state index in [0.717, 1.165) is 0 Å². The summed E-state index contributed by atoms with van der Waals surface area (Å²) in [6, 6.07) is 17.6. The number of ether oxygens (including phenoxy) is 4. The topological polar surface area (TPSA) is 97.4 Å². The van der Waals surface area contributed by atoms with Crippen LogP contribution in [-0.2, 0) is 17.4 Å². The van der Waals surface area contributed by atoms with E-state index in [-0.39, 0.29) is 4.90 Å². The fourth-order valence-corrected chi connectivity index (χ4v) is 10.3. The number of hydrogen-bond donors (Lipinski definition) is 0. The quantitative estimate of drug-likeness (QED) is 0.270. The SMILES string of the molecule is COC(=O)c1ccc(I(OS(=O)(=O)c2ccccc2)c2c(OC)cc(OC)cc2OC)cc1. The van der Waals surface area contributed by atoms with Crippen molar-refractivity contribution in [3.63, 3.8) is 0 Å². The second-order valence-electron chi connectivity index (χ2n) is 6.42. The molecule has 10 heteroatoms. The molecule has 176 valence electrons. The van der Waals surface area contributed by atoms with Gasteiger partial charge in [-0.05, 0) is 0 Å². The number of halogens is 1. The predicted octanol–water partition coefficient (Wildman–Crippen LogP) is 4.37. The van der Waals surface area contributed by atoms with Crippen molar-refractivity contribution >= 4 is 36.3 Å². The Morgan fingerprint density at radius 3 is 1.85 bits per heavy atom. The first-order chi connectivity index (χ1) is 15.8. The maximum absolute atomic E-state index is 13.2. The summed E-state index contributed by atoms with van der Waals surface area (Å²) in [4.78, 5) is 11.9. The third kappa shape index (κ3) is 5.57. The first kappa shape index (κ1) is 24.8. The first-order valence-corrected chi connectivity index (χ1v) is 14.0. The van der Waals surface area contributed by atoms with Crippen molar-refractivity contribution < 1.29 is 34.7 Å². The molecule has 0 spiro atoms. The second kappa shape index (κ2) is 10.9. The van der Waals surface area contributed by atoms with Crippen LogP contribution in [0.3, 0.4) is 0 Å².